The number of fused-ring (bicyclic) bond motifs is 1. The van der Waals surface area contributed by atoms with Gasteiger partial charge in [-0.15, -0.1) is 0 Å². The van der Waals surface area contributed by atoms with Crippen molar-refractivity contribution in [3.05, 3.63) is 65.2 Å². The molecule has 4 rings (SSSR count). The Morgan fingerprint density at radius 3 is 2.48 bits per heavy atom. The van der Waals surface area contributed by atoms with Gasteiger partial charge in [0.05, 0.1) is 24.2 Å². The number of aromatic nitrogens is 2. The van der Waals surface area contributed by atoms with Gasteiger partial charge in [-0.25, -0.2) is 9.37 Å². The summed E-state index contributed by atoms with van der Waals surface area (Å²) in [6.45, 7) is 5.72. The third-order valence-corrected chi connectivity index (χ3v) is 5.21. The van der Waals surface area contributed by atoms with E-state index < -0.39 is 0 Å². The lowest BCUT2D eigenvalue weighted by Crippen LogP contribution is -2.46. The van der Waals surface area contributed by atoms with Crippen molar-refractivity contribution in [1.29, 1.82) is 0 Å². The number of hydrogen-bond donors (Lipinski definition) is 2. The van der Waals surface area contributed by atoms with E-state index in [4.69, 9.17) is 10.1 Å². The van der Waals surface area contributed by atoms with Crippen LogP contribution in [0.15, 0.2) is 42.5 Å². The van der Waals surface area contributed by atoms with Crippen molar-refractivity contribution in [3.8, 4) is 0 Å². The molecule has 0 amide bonds. The molecule has 0 aliphatic carbocycles. The molecule has 5 nitrogen and oxygen atoms in total. The first-order valence-corrected chi connectivity index (χ1v) is 9.48. The van der Waals surface area contributed by atoms with Crippen molar-refractivity contribution in [2.24, 2.45) is 0 Å². The van der Waals surface area contributed by atoms with Gasteiger partial charge in [0.1, 0.15) is 11.6 Å². The number of aliphatic hydroxyl groups excluding tert-OH is 1. The standard InChI is InChI=1S/C21H25FN4O/c22-18-6-4-16(5-7-18)14-17-2-1-3-19-21(17)24-20(23-19)15-26-10-8-25(9-11-26)12-13-27/h1-7,27H,8-15H2,(H,23,24). The van der Waals surface area contributed by atoms with Crippen molar-refractivity contribution < 1.29 is 9.50 Å². The Bertz CT molecular complexity index is 885. The van der Waals surface area contributed by atoms with E-state index in [2.05, 4.69) is 26.9 Å². The van der Waals surface area contributed by atoms with Crippen LogP contribution in [0.1, 0.15) is 17.0 Å². The largest absolute Gasteiger partial charge is 0.395 e. The van der Waals surface area contributed by atoms with Gasteiger partial charge in [-0.3, -0.25) is 9.80 Å². The quantitative estimate of drug-likeness (QED) is 0.702. The second kappa shape index (κ2) is 8.17. The van der Waals surface area contributed by atoms with Crippen LogP contribution >= 0.6 is 0 Å². The number of nitrogens with one attached hydrogen (secondary N) is 1. The first-order valence-electron chi connectivity index (χ1n) is 9.48. The van der Waals surface area contributed by atoms with E-state index in [1.165, 1.54) is 12.1 Å². The summed E-state index contributed by atoms with van der Waals surface area (Å²) in [6, 6.07) is 12.8. The van der Waals surface area contributed by atoms with Gasteiger partial charge in [0.2, 0.25) is 0 Å². The maximum absolute atomic E-state index is 13.1. The zero-order valence-corrected chi connectivity index (χ0v) is 15.4. The van der Waals surface area contributed by atoms with Gasteiger partial charge < -0.3 is 10.1 Å². The highest BCUT2D eigenvalue weighted by molar-refractivity contribution is 5.79. The molecule has 1 aromatic heterocycles. The van der Waals surface area contributed by atoms with Crippen LogP contribution < -0.4 is 0 Å². The van der Waals surface area contributed by atoms with E-state index in [9.17, 15) is 4.39 Å². The fourth-order valence-electron chi connectivity index (χ4n) is 3.71. The van der Waals surface area contributed by atoms with Crippen LogP contribution in [0.2, 0.25) is 0 Å². The zero-order chi connectivity index (χ0) is 18.6. The fraction of sp³-hybridized carbons (Fsp3) is 0.381. The summed E-state index contributed by atoms with van der Waals surface area (Å²) in [6.07, 6.45) is 0.738. The molecule has 142 valence electrons. The summed E-state index contributed by atoms with van der Waals surface area (Å²) in [5.41, 5.74) is 4.27. The van der Waals surface area contributed by atoms with Crippen LogP contribution in [0.25, 0.3) is 11.0 Å². The minimum Gasteiger partial charge on any atom is -0.395 e. The number of H-pyrrole nitrogens is 1. The van der Waals surface area contributed by atoms with E-state index >= 15 is 0 Å². The molecule has 0 spiro atoms. The van der Waals surface area contributed by atoms with E-state index in [0.29, 0.717) is 0 Å². The number of piperazine rings is 1. The van der Waals surface area contributed by atoms with Gasteiger partial charge in [-0.05, 0) is 35.7 Å². The first kappa shape index (κ1) is 18.1. The van der Waals surface area contributed by atoms with Crippen molar-refractivity contribution in [3.63, 3.8) is 0 Å². The number of para-hydroxylation sites is 1. The van der Waals surface area contributed by atoms with E-state index in [0.717, 1.165) is 73.7 Å². The Labute approximate surface area is 158 Å². The van der Waals surface area contributed by atoms with Crippen LogP contribution in [-0.2, 0) is 13.0 Å². The lowest BCUT2D eigenvalue weighted by molar-refractivity contribution is 0.107. The molecule has 0 saturated carbocycles. The molecule has 2 N–H and O–H groups in total. The number of aromatic amines is 1. The molecule has 6 heteroatoms. The van der Waals surface area contributed by atoms with Gasteiger partial charge >= 0.3 is 0 Å². The maximum atomic E-state index is 13.1. The Morgan fingerprint density at radius 2 is 1.74 bits per heavy atom. The highest BCUT2D eigenvalue weighted by Gasteiger charge is 2.18. The predicted octanol–water partition coefficient (Wildman–Crippen LogP) is 2.40. The number of rotatable bonds is 6. The minimum absolute atomic E-state index is 0.210. The van der Waals surface area contributed by atoms with Crippen molar-refractivity contribution in [2.75, 3.05) is 39.3 Å². The molecule has 3 aromatic rings. The molecule has 1 saturated heterocycles. The van der Waals surface area contributed by atoms with Crippen LogP contribution in [0.5, 0.6) is 0 Å². The number of halogens is 1. The van der Waals surface area contributed by atoms with Gasteiger partial charge in [0, 0.05) is 32.7 Å². The molecule has 1 aliphatic rings. The highest BCUT2D eigenvalue weighted by atomic mass is 19.1. The average Bonchev–Trinajstić information content (AvgIpc) is 3.09. The molecule has 0 radical (unpaired) electrons. The molecular formula is C21H25FN4O. The number of hydrogen-bond acceptors (Lipinski definition) is 4. The minimum atomic E-state index is -0.210. The van der Waals surface area contributed by atoms with Gasteiger partial charge in [-0.1, -0.05) is 24.3 Å². The van der Waals surface area contributed by atoms with Gasteiger partial charge in [0.25, 0.3) is 0 Å². The second-order valence-corrected chi connectivity index (χ2v) is 7.14. The number of nitrogens with zero attached hydrogens (tertiary/aromatic N) is 3. The first-order chi connectivity index (χ1) is 13.2. The third kappa shape index (κ3) is 4.35. The summed E-state index contributed by atoms with van der Waals surface area (Å²) < 4.78 is 13.1. The molecule has 1 fully saturated rings. The van der Waals surface area contributed by atoms with Crippen molar-refractivity contribution in [2.45, 2.75) is 13.0 Å². The smallest absolute Gasteiger partial charge is 0.123 e. The van der Waals surface area contributed by atoms with Crippen molar-refractivity contribution >= 4 is 11.0 Å². The topological polar surface area (TPSA) is 55.4 Å². The summed E-state index contributed by atoms with van der Waals surface area (Å²) in [5.74, 6) is 0.769. The Kier molecular flexibility index (Phi) is 5.48. The third-order valence-electron chi connectivity index (χ3n) is 5.21. The SMILES string of the molecule is OCCN1CCN(Cc2nc3c(Cc4ccc(F)cc4)cccc3[nH]2)CC1. The molecule has 0 unspecified atom stereocenters. The Morgan fingerprint density at radius 1 is 1.00 bits per heavy atom. The molecule has 27 heavy (non-hydrogen) atoms. The zero-order valence-electron chi connectivity index (χ0n) is 15.4. The second-order valence-electron chi connectivity index (χ2n) is 7.14. The fourth-order valence-corrected chi connectivity index (χ4v) is 3.71. The lowest BCUT2D eigenvalue weighted by Gasteiger charge is -2.33. The number of imidazole rings is 1. The molecule has 1 aliphatic heterocycles. The summed E-state index contributed by atoms with van der Waals surface area (Å²) in [4.78, 5) is 13.0. The molecule has 2 heterocycles. The molecule has 0 atom stereocenters. The van der Waals surface area contributed by atoms with Crippen molar-refractivity contribution in [1.82, 2.24) is 19.8 Å². The highest BCUT2D eigenvalue weighted by Crippen LogP contribution is 2.21. The number of benzene rings is 2. The van der Waals surface area contributed by atoms with E-state index in [-0.39, 0.29) is 12.4 Å². The molecule has 0 bridgehead atoms. The molecular weight excluding hydrogens is 343 g/mol. The van der Waals surface area contributed by atoms with Gasteiger partial charge in [0.15, 0.2) is 0 Å². The summed E-state index contributed by atoms with van der Waals surface area (Å²) >= 11 is 0. The van der Waals surface area contributed by atoms with Crippen LogP contribution in [0, 0.1) is 5.82 Å². The normalized spacial score (nSPS) is 16.2. The van der Waals surface area contributed by atoms with Crippen LogP contribution in [0.3, 0.4) is 0 Å². The predicted molar refractivity (Wildman–Crippen MR) is 104 cm³/mol. The lowest BCUT2D eigenvalue weighted by atomic mass is 10.0. The number of aliphatic hydroxyl groups is 1. The molecule has 2 aromatic carbocycles. The monoisotopic (exact) mass is 368 g/mol. The van der Waals surface area contributed by atoms with Gasteiger partial charge in [-0.2, -0.15) is 0 Å². The maximum Gasteiger partial charge on any atom is 0.123 e. The Hall–Kier alpha value is -2.28. The summed E-state index contributed by atoms with van der Waals surface area (Å²) in [7, 11) is 0. The average molecular weight is 368 g/mol. The van der Waals surface area contributed by atoms with E-state index in [1.54, 1.807) is 0 Å². The Balaban J connectivity index is 1.47. The number of β-amino-alcohol motifs (C(OH)–C–C–N with tert-alkyl or cyclic N) is 1. The summed E-state index contributed by atoms with van der Waals surface area (Å²) in [5, 5.41) is 9.06. The van der Waals surface area contributed by atoms with Crippen LogP contribution in [-0.4, -0.2) is 64.2 Å². The van der Waals surface area contributed by atoms with Crippen LogP contribution in [0.4, 0.5) is 4.39 Å². The van der Waals surface area contributed by atoms with E-state index in [1.807, 2.05) is 18.2 Å².